The lowest BCUT2D eigenvalue weighted by Gasteiger charge is -2.08. The largest absolute Gasteiger partial charge is 0.399 e. The van der Waals surface area contributed by atoms with Crippen LogP contribution in [0.15, 0.2) is 41.6 Å². The summed E-state index contributed by atoms with van der Waals surface area (Å²) >= 11 is 0. The summed E-state index contributed by atoms with van der Waals surface area (Å²) in [4.78, 5) is 8.12. The van der Waals surface area contributed by atoms with E-state index in [4.69, 9.17) is 5.73 Å². The second kappa shape index (κ2) is 5.46. The zero-order valence-corrected chi connectivity index (χ0v) is 12.1. The molecule has 1 aromatic carbocycles. The minimum Gasteiger partial charge on any atom is -0.399 e. The first-order chi connectivity index (χ1) is 9.38. The molecule has 7 heteroatoms. The summed E-state index contributed by atoms with van der Waals surface area (Å²) in [5.41, 5.74) is 6.97. The van der Waals surface area contributed by atoms with Crippen molar-refractivity contribution < 1.29 is 8.42 Å². The quantitative estimate of drug-likeness (QED) is 0.840. The maximum atomic E-state index is 12.1. The molecule has 0 amide bonds. The number of nitrogens with two attached hydrogens (primary N) is 1. The molecule has 6 nitrogen and oxygen atoms in total. The second-order valence-electron chi connectivity index (χ2n) is 4.67. The van der Waals surface area contributed by atoms with Gasteiger partial charge in [0.05, 0.1) is 4.90 Å². The Kier molecular flexibility index (Phi) is 3.89. The standard InChI is InChI=1S/C13H16N4O2S/c1-9(2)10-7-15-13(16-8-10)17-20(18,19)12-5-3-11(14)4-6-12/h3-9H,14H2,1-2H3,(H,15,16,17). The van der Waals surface area contributed by atoms with Gasteiger partial charge in [0.1, 0.15) is 0 Å². The first-order valence-corrected chi connectivity index (χ1v) is 7.57. The van der Waals surface area contributed by atoms with Gasteiger partial charge in [-0.25, -0.2) is 23.1 Å². The van der Waals surface area contributed by atoms with Crippen LogP contribution in [-0.4, -0.2) is 18.4 Å². The third kappa shape index (κ3) is 3.24. The van der Waals surface area contributed by atoms with Crippen LogP contribution < -0.4 is 10.5 Å². The van der Waals surface area contributed by atoms with E-state index in [1.54, 1.807) is 12.4 Å². The number of nitrogen functional groups attached to an aromatic ring is 1. The molecule has 3 N–H and O–H groups in total. The molecule has 0 fully saturated rings. The maximum Gasteiger partial charge on any atom is 0.264 e. The van der Waals surface area contributed by atoms with E-state index in [1.807, 2.05) is 13.8 Å². The van der Waals surface area contributed by atoms with Gasteiger partial charge in [0.25, 0.3) is 10.0 Å². The van der Waals surface area contributed by atoms with Crippen LogP contribution in [-0.2, 0) is 10.0 Å². The number of nitrogens with one attached hydrogen (secondary N) is 1. The lowest BCUT2D eigenvalue weighted by Crippen LogP contribution is -2.15. The fourth-order valence-corrected chi connectivity index (χ4v) is 2.47. The van der Waals surface area contributed by atoms with E-state index in [1.165, 1.54) is 24.3 Å². The molecule has 0 radical (unpaired) electrons. The molecule has 0 saturated carbocycles. The molecule has 1 heterocycles. The predicted molar refractivity (Wildman–Crippen MR) is 77.8 cm³/mol. The Bertz CT molecular complexity index is 679. The van der Waals surface area contributed by atoms with Crippen LogP contribution in [0.4, 0.5) is 11.6 Å². The molecule has 0 unspecified atom stereocenters. The van der Waals surface area contributed by atoms with Crippen LogP contribution in [0.1, 0.15) is 25.3 Å². The van der Waals surface area contributed by atoms with Gasteiger partial charge in [-0.05, 0) is 35.7 Å². The highest BCUT2D eigenvalue weighted by atomic mass is 32.2. The molecular weight excluding hydrogens is 276 g/mol. The molecule has 0 aliphatic carbocycles. The molecule has 0 saturated heterocycles. The SMILES string of the molecule is CC(C)c1cnc(NS(=O)(=O)c2ccc(N)cc2)nc1. The van der Waals surface area contributed by atoms with Crippen LogP contribution in [0.3, 0.4) is 0 Å². The smallest absolute Gasteiger partial charge is 0.264 e. The van der Waals surface area contributed by atoms with Crippen molar-refractivity contribution in [3.8, 4) is 0 Å². The number of nitrogens with zero attached hydrogens (tertiary/aromatic N) is 2. The highest BCUT2D eigenvalue weighted by Gasteiger charge is 2.15. The summed E-state index contributed by atoms with van der Waals surface area (Å²) in [5, 5.41) is 0. The minimum atomic E-state index is -3.69. The zero-order chi connectivity index (χ0) is 14.8. The van der Waals surface area contributed by atoms with Crippen LogP contribution >= 0.6 is 0 Å². The molecule has 0 aliphatic heterocycles. The van der Waals surface area contributed by atoms with Crippen molar-refractivity contribution >= 4 is 21.7 Å². The molecule has 2 rings (SSSR count). The Morgan fingerprint density at radius 2 is 1.65 bits per heavy atom. The number of sulfonamides is 1. The molecule has 0 aliphatic rings. The molecular formula is C13H16N4O2S. The topological polar surface area (TPSA) is 98.0 Å². The van der Waals surface area contributed by atoms with Crippen LogP contribution in [0, 0.1) is 0 Å². The Morgan fingerprint density at radius 1 is 1.10 bits per heavy atom. The van der Waals surface area contributed by atoms with E-state index in [-0.39, 0.29) is 16.8 Å². The van der Waals surface area contributed by atoms with Gasteiger partial charge in [0.2, 0.25) is 5.95 Å². The summed E-state index contributed by atoms with van der Waals surface area (Å²) in [6.45, 7) is 4.02. The van der Waals surface area contributed by atoms with Crippen LogP contribution in [0.2, 0.25) is 0 Å². The summed E-state index contributed by atoms with van der Waals surface area (Å²) < 4.78 is 26.5. The molecule has 0 bridgehead atoms. The normalized spacial score (nSPS) is 11.6. The number of benzene rings is 1. The molecule has 0 atom stereocenters. The summed E-state index contributed by atoms with van der Waals surface area (Å²) in [6, 6.07) is 5.91. The Labute approximate surface area is 118 Å². The number of rotatable bonds is 4. The fourth-order valence-electron chi connectivity index (χ4n) is 1.51. The van der Waals surface area contributed by atoms with Crippen LogP contribution in [0.25, 0.3) is 0 Å². The highest BCUT2D eigenvalue weighted by Crippen LogP contribution is 2.16. The third-order valence-electron chi connectivity index (χ3n) is 2.75. The van der Waals surface area contributed by atoms with E-state index >= 15 is 0 Å². The number of aromatic nitrogens is 2. The van der Waals surface area contributed by atoms with Crippen molar-refractivity contribution in [3.05, 3.63) is 42.2 Å². The Balaban J connectivity index is 2.22. The van der Waals surface area contributed by atoms with Gasteiger partial charge in [-0.2, -0.15) is 0 Å². The summed E-state index contributed by atoms with van der Waals surface area (Å²) in [5.74, 6) is 0.337. The number of anilines is 2. The maximum absolute atomic E-state index is 12.1. The Morgan fingerprint density at radius 3 is 2.15 bits per heavy atom. The van der Waals surface area contributed by atoms with Gasteiger partial charge in [-0.15, -0.1) is 0 Å². The van der Waals surface area contributed by atoms with Gasteiger partial charge in [0.15, 0.2) is 0 Å². The van der Waals surface area contributed by atoms with Crippen molar-refractivity contribution in [2.75, 3.05) is 10.5 Å². The number of hydrogen-bond acceptors (Lipinski definition) is 5. The Hall–Kier alpha value is -2.15. The van der Waals surface area contributed by atoms with Gasteiger partial charge in [0, 0.05) is 18.1 Å². The van der Waals surface area contributed by atoms with Gasteiger partial charge >= 0.3 is 0 Å². The molecule has 20 heavy (non-hydrogen) atoms. The van der Waals surface area contributed by atoms with E-state index in [9.17, 15) is 8.42 Å². The average molecular weight is 292 g/mol. The van der Waals surface area contributed by atoms with Crippen LogP contribution in [0.5, 0.6) is 0 Å². The molecule has 106 valence electrons. The first kappa shape index (κ1) is 14.3. The summed E-state index contributed by atoms with van der Waals surface area (Å²) in [6.07, 6.45) is 3.22. The van der Waals surface area contributed by atoms with Crippen molar-refractivity contribution in [2.45, 2.75) is 24.7 Å². The molecule has 0 spiro atoms. The monoisotopic (exact) mass is 292 g/mol. The van der Waals surface area contributed by atoms with Crippen molar-refractivity contribution in [2.24, 2.45) is 0 Å². The number of hydrogen-bond donors (Lipinski definition) is 2. The average Bonchev–Trinajstić information content (AvgIpc) is 2.39. The lowest BCUT2D eigenvalue weighted by molar-refractivity contribution is 0.601. The fraction of sp³-hybridized carbons (Fsp3) is 0.231. The van der Waals surface area contributed by atoms with Crippen molar-refractivity contribution in [1.29, 1.82) is 0 Å². The highest BCUT2D eigenvalue weighted by molar-refractivity contribution is 7.92. The van der Waals surface area contributed by atoms with Gasteiger partial charge in [-0.1, -0.05) is 13.8 Å². The van der Waals surface area contributed by atoms with E-state index in [0.717, 1.165) is 5.56 Å². The molecule has 1 aromatic heterocycles. The third-order valence-corrected chi connectivity index (χ3v) is 4.10. The predicted octanol–water partition coefficient (Wildman–Crippen LogP) is 1.98. The van der Waals surface area contributed by atoms with Gasteiger partial charge < -0.3 is 5.73 Å². The summed E-state index contributed by atoms with van der Waals surface area (Å²) in [7, 11) is -3.69. The first-order valence-electron chi connectivity index (χ1n) is 6.09. The second-order valence-corrected chi connectivity index (χ2v) is 6.35. The van der Waals surface area contributed by atoms with Crippen molar-refractivity contribution in [3.63, 3.8) is 0 Å². The van der Waals surface area contributed by atoms with E-state index in [2.05, 4.69) is 14.7 Å². The minimum absolute atomic E-state index is 0.0474. The van der Waals surface area contributed by atoms with E-state index in [0.29, 0.717) is 5.69 Å². The molecule has 2 aromatic rings. The zero-order valence-electron chi connectivity index (χ0n) is 11.2. The van der Waals surface area contributed by atoms with Crippen molar-refractivity contribution in [1.82, 2.24) is 9.97 Å². The lowest BCUT2D eigenvalue weighted by atomic mass is 10.1. The van der Waals surface area contributed by atoms with E-state index < -0.39 is 10.0 Å². The van der Waals surface area contributed by atoms with Gasteiger partial charge in [-0.3, -0.25) is 0 Å².